The van der Waals surface area contributed by atoms with Crippen LogP contribution < -0.4 is 10.6 Å². The fourth-order valence-corrected chi connectivity index (χ4v) is 1.56. The third kappa shape index (κ3) is 4.38. The van der Waals surface area contributed by atoms with Crippen molar-refractivity contribution in [2.45, 2.75) is 6.92 Å². The SMILES string of the molecule is Cc1ccc(NC(=S)S)c(NC(=S)S)c1. The summed E-state index contributed by atoms with van der Waals surface area (Å²) in [4.78, 5) is 0. The predicted octanol–water partition coefficient (Wildman–Crippen LogP) is 3.25. The third-order valence-corrected chi connectivity index (χ3v) is 2.09. The molecule has 0 spiro atoms. The molecule has 1 aromatic carbocycles. The number of thiocarbonyl (C=S) groups is 2. The highest BCUT2D eigenvalue weighted by molar-refractivity contribution is 8.11. The van der Waals surface area contributed by atoms with Crippen LogP contribution in [0.25, 0.3) is 0 Å². The van der Waals surface area contributed by atoms with E-state index in [1.54, 1.807) is 0 Å². The minimum atomic E-state index is 0.409. The Balaban J connectivity index is 3.02. The Morgan fingerprint density at radius 3 is 2.13 bits per heavy atom. The van der Waals surface area contributed by atoms with Gasteiger partial charge < -0.3 is 10.6 Å². The van der Waals surface area contributed by atoms with Gasteiger partial charge in [-0.1, -0.05) is 30.5 Å². The molecule has 15 heavy (non-hydrogen) atoms. The molecule has 1 aromatic rings. The molecule has 0 aliphatic carbocycles. The smallest absolute Gasteiger partial charge is 0.135 e. The van der Waals surface area contributed by atoms with Gasteiger partial charge >= 0.3 is 0 Å². The average Bonchev–Trinajstić information content (AvgIpc) is 2.08. The second-order valence-electron chi connectivity index (χ2n) is 2.91. The second-order valence-corrected chi connectivity index (χ2v) is 5.23. The van der Waals surface area contributed by atoms with Crippen LogP contribution in [0, 0.1) is 6.92 Å². The first-order valence-corrected chi connectivity index (χ1v) is 5.80. The molecule has 0 atom stereocenters. The molecule has 0 heterocycles. The van der Waals surface area contributed by atoms with Crippen molar-refractivity contribution < 1.29 is 0 Å². The number of hydrogen-bond donors (Lipinski definition) is 4. The van der Waals surface area contributed by atoms with Gasteiger partial charge in [-0.2, -0.15) is 0 Å². The zero-order valence-corrected chi connectivity index (χ0v) is 11.4. The molecule has 6 heteroatoms. The highest BCUT2D eigenvalue weighted by Gasteiger charge is 2.03. The van der Waals surface area contributed by atoms with E-state index in [0.717, 1.165) is 16.9 Å². The van der Waals surface area contributed by atoms with Gasteiger partial charge in [0.1, 0.15) is 8.64 Å². The Kier molecular flexibility index (Phi) is 4.85. The van der Waals surface area contributed by atoms with E-state index in [0.29, 0.717) is 8.64 Å². The Morgan fingerprint density at radius 2 is 1.60 bits per heavy atom. The van der Waals surface area contributed by atoms with E-state index in [9.17, 15) is 0 Å². The van der Waals surface area contributed by atoms with Gasteiger partial charge in [-0.15, -0.1) is 25.3 Å². The summed E-state index contributed by atoms with van der Waals surface area (Å²) in [7, 11) is 0. The summed E-state index contributed by atoms with van der Waals surface area (Å²) in [6.07, 6.45) is 0. The summed E-state index contributed by atoms with van der Waals surface area (Å²) >= 11 is 17.8. The lowest BCUT2D eigenvalue weighted by atomic mass is 10.2. The molecule has 0 fully saturated rings. The molecule has 0 saturated carbocycles. The van der Waals surface area contributed by atoms with E-state index < -0.39 is 0 Å². The van der Waals surface area contributed by atoms with Crippen LogP contribution in [0.4, 0.5) is 11.4 Å². The van der Waals surface area contributed by atoms with Crippen molar-refractivity contribution in [3.8, 4) is 0 Å². The fourth-order valence-electron chi connectivity index (χ4n) is 1.10. The van der Waals surface area contributed by atoms with Crippen molar-refractivity contribution in [1.82, 2.24) is 0 Å². The predicted molar refractivity (Wildman–Crippen MR) is 81.6 cm³/mol. The maximum Gasteiger partial charge on any atom is 0.135 e. The highest BCUT2D eigenvalue weighted by atomic mass is 32.1. The Labute approximate surface area is 111 Å². The summed E-state index contributed by atoms with van der Waals surface area (Å²) in [6.45, 7) is 2.00. The lowest BCUT2D eigenvalue weighted by Crippen LogP contribution is -2.08. The summed E-state index contributed by atoms with van der Waals surface area (Å²) in [5, 5.41) is 5.90. The van der Waals surface area contributed by atoms with Crippen LogP contribution in [0.5, 0.6) is 0 Å². The van der Waals surface area contributed by atoms with Crippen LogP contribution in [-0.2, 0) is 0 Å². The molecule has 0 amide bonds. The zero-order chi connectivity index (χ0) is 11.4. The first-order chi connectivity index (χ1) is 6.99. The van der Waals surface area contributed by atoms with Gasteiger partial charge in [0.25, 0.3) is 0 Å². The van der Waals surface area contributed by atoms with E-state index in [2.05, 4.69) is 35.9 Å². The van der Waals surface area contributed by atoms with E-state index in [1.807, 2.05) is 25.1 Å². The summed E-state index contributed by atoms with van der Waals surface area (Å²) in [6, 6.07) is 5.84. The minimum absolute atomic E-state index is 0.409. The topological polar surface area (TPSA) is 24.1 Å². The van der Waals surface area contributed by atoms with Gasteiger partial charge in [0, 0.05) is 0 Å². The molecular weight excluding hydrogens is 264 g/mol. The van der Waals surface area contributed by atoms with E-state index in [1.165, 1.54) is 0 Å². The fraction of sp³-hybridized carbons (Fsp3) is 0.111. The quantitative estimate of drug-likeness (QED) is 0.491. The van der Waals surface area contributed by atoms with Crippen LogP contribution in [0.3, 0.4) is 0 Å². The third-order valence-electron chi connectivity index (χ3n) is 1.66. The maximum absolute atomic E-state index is 4.87. The summed E-state index contributed by atoms with van der Waals surface area (Å²) in [5.74, 6) is 0. The monoisotopic (exact) mass is 274 g/mol. The molecule has 80 valence electrons. The summed E-state index contributed by atoms with van der Waals surface area (Å²) in [5.41, 5.74) is 2.79. The van der Waals surface area contributed by atoms with Crippen molar-refractivity contribution in [3.63, 3.8) is 0 Å². The van der Waals surface area contributed by atoms with Crippen LogP contribution in [0.1, 0.15) is 5.56 Å². The molecule has 0 aliphatic rings. The maximum atomic E-state index is 4.87. The lowest BCUT2D eigenvalue weighted by molar-refractivity contribution is 1.47. The van der Waals surface area contributed by atoms with Gasteiger partial charge in [0.2, 0.25) is 0 Å². The van der Waals surface area contributed by atoms with Crippen molar-refractivity contribution in [3.05, 3.63) is 23.8 Å². The molecule has 0 aliphatic heterocycles. The van der Waals surface area contributed by atoms with Crippen molar-refractivity contribution in [2.75, 3.05) is 10.6 Å². The normalized spacial score (nSPS) is 9.53. The number of aryl methyl sites for hydroxylation is 1. The van der Waals surface area contributed by atoms with Crippen LogP contribution in [-0.4, -0.2) is 8.64 Å². The second kappa shape index (κ2) is 5.69. The molecule has 2 N–H and O–H groups in total. The standard InChI is InChI=1S/C9H10N2S4/c1-5-2-3-6(10-8(12)13)7(4-5)11-9(14)15/h2-4H,1H3,(H2,10,12,13)(H2,11,14,15). The van der Waals surface area contributed by atoms with Crippen LogP contribution in [0.15, 0.2) is 18.2 Å². The molecule has 2 nitrogen and oxygen atoms in total. The number of hydrogen-bond acceptors (Lipinski definition) is 2. The molecule has 0 radical (unpaired) electrons. The molecule has 0 saturated heterocycles. The average molecular weight is 274 g/mol. The molecule has 0 unspecified atom stereocenters. The number of rotatable bonds is 2. The van der Waals surface area contributed by atoms with Gasteiger partial charge in [-0.05, 0) is 24.6 Å². The molecular formula is C9H10N2S4. The largest absolute Gasteiger partial charge is 0.340 e. The van der Waals surface area contributed by atoms with Gasteiger partial charge in [-0.3, -0.25) is 0 Å². The first-order valence-electron chi connectivity index (χ1n) is 4.09. The van der Waals surface area contributed by atoms with E-state index in [-0.39, 0.29) is 0 Å². The highest BCUT2D eigenvalue weighted by Crippen LogP contribution is 2.23. The number of anilines is 2. The van der Waals surface area contributed by atoms with Crippen LogP contribution in [0.2, 0.25) is 0 Å². The molecule has 1 rings (SSSR count). The van der Waals surface area contributed by atoms with Crippen molar-refractivity contribution in [2.24, 2.45) is 0 Å². The number of nitrogens with one attached hydrogen (secondary N) is 2. The Bertz CT molecular complexity index is 403. The zero-order valence-electron chi connectivity index (χ0n) is 7.94. The van der Waals surface area contributed by atoms with Crippen molar-refractivity contribution in [1.29, 1.82) is 0 Å². The van der Waals surface area contributed by atoms with Crippen molar-refractivity contribution >= 4 is 69.7 Å². The van der Waals surface area contributed by atoms with E-state index >= 15 is 0 Å². The molecule has 0 aromatic heterocycles. The first kappa shape index (κ1) is 12.8. The van der Waals surface area contributed by atoms with Crippen LogP contribution >= 0.6 is 49.7 Å². The van der Waals surface area contributed by atoms with Gasteiger partial charge in [-0.25, -0.2) is 0 Å². The van der Waals surface area contributed by atoms with E-state index in [4.69, 9.17) is 24.4 Å². The van der Waals surface area contributed by atoms with Gasteiger partial charge in [0.05, 0.1) is 11.4 Å². The van der Waals surface area contributed by atoms with Gasteiger partial charge in [0.15, 0.2) is 0 Å². The summed E-state index contributed by atoms with van der Waals surface area (Å²) < 4.78 is 0.820. The minimum Gasteiger partial charge on any atom is -0.340 e. The number of benzene rings is 1. The Morgan fingerprint density at radius 1 is 1.07 bits per heavy atom. The molecule has 0 bridgehead atoms. The number of thiol groups is 2. The lowest BCUT2D eigenvalue weighted by Gasteiger charge is -2.12. The Hall–Kier alpha value is -0.300.